The van der Waals surface area contributed by atoms with Gasteiger partial charge in [-0.05, 0) is 6.42 Å². The van der Waals surface area contributed by atoms with Crippen LogP contribution in [0.25, 0.3) is 0 Å². The van der Waals surface area contributed by atoms with E-state index in [1.165, 1.54) is 5.70 Å². The summed E-state index contributed by atoms with van der Waals surface area (Å²) in [7, 11) is 0. The SMILES string of the molecule is NC1=NC=C(N2CCNCC2)CC1. The summed E-state index contributed by atoms with van der Waals surface area (Å²) in [5.74, 6) is 0.763. The quantitative estimate of drug-likeness (QED) is 0.591. The first-order chi connectivity index (χ1) is 6.36. The number of allylic oxidation sites excluding steroid dienone is 1. The molecule has 4 nitrogen and oxygen atoms in total. The van der Waals surface area contributed by atoms with E-state index in [4.69, 9.17) is 5.73 Å². The highest BCUT2D eigenvalue weighted by atomic mass is 15.2. The molecule has 1 fully saturated rings. The lowest BCUT2D eigenvalue weighted by Crippen LogP contribution is -2.43. The predicted molar refractivity (Wildman–Crippen MR) is 53.4 cm³/mol. The van der Waals surface area contributed by atoms with Crippen molar-refractivity contribution in [2.75, 3.05) is 26.2 Å². The molecule has 0 atom stereocenters. The Hall–Kier alpha value is -1.03. The van der Waals surface area contributed by atoms with E-state index in [-0.39, 0.29) is 0 Å². The summed E-state index contributed by atoms with van der Waals surface area (Å²) < 4.78 is 0. The summed E-state index contributed by atoms with van der Waals surface area (Å²) in [5, 5.41) is 3.33. The highest BCUT2D eigenvalue weighted by Gasteiger charge is 2.14. The monoisotopic (exact) mass is 180 g/mol. The van der Waals surface area contributed by atoms with Crippen molar-refractivity contribution in [2.24, 2.45) is 10.7 Å². The molecule has 0 aromatic carbocycles. The molecular formula is C9H16N4. The lowest BCUT2D eigenvalue weighted by Gasteiger charge is -2.32. The largest absolute Gasteiger partial charge is 0.387 e. The maximum absolute atomic E-state index is 5.60. The van der Waals surface area contributed by atoms with Crippen LogP contribution >= 0.6 is 0 Å². The van der Waals surface area contributed by atoms with Gasteiger partial charge in [-0.2, -0.15) is 0 Å². The van der Waals surface area contributed by atoms with Crippen LogP contribution in [0.15, 0.2) is 16.9 Å². The number of nitrogens with zero attached hydrogens (tertiary/aromatic N) is 2. The summed E-state index contributed by atoms with van der Waals surface area (Å²) in [5.41, 5.74) is 6.94. The fourth-order valence-electron chi connectivity index (χ4n) is 1.73. The summed E-state index contributed by atoms with van der Waals surface area (Å²) in [6.45, 7) is 4.36. The van der Waals surface area contributed by atoms with Crippen LogP contribution < -0.4 is 11.1 Å². The number of hydrogen-bond acceptors (Lipinski definition) is 4. The van der Waals surface area contributed by atoms with Gasteiger partial charge in [0, 0.05) is 44.5 Å². The van der Waals surface area contributed by atoms with E-state index in [1.807, 2.05) is 6.20 Å². The maximum atomic E-state index is 5.60. The third-order valence-corrected chi connectivity index (χ3v) is 2.54. The second kappa shape index (κ2) is 3.79. The molecule has 2 aliphatic heterocycles. The van der Waals surface area contributed by atoms with Gasteiger partial charge in [0.25, 0.3) is 0 Å². The van der Waals surface area contributed by atoms with E-state index in [2.05, 4.69) is 15.2 Å². The average Bonchev–Trinajstić information content (AvgIpc) is 2.20. The molecule has 3 N–H and O–H groups in total. The number of amidine groups is 1. The first-order valence-corrected chi connectivity index (χ1v) is 4.83. The van der Waals surface area contributed by atoms with Crippen molar-refractivity contribution in [3.05, 3.63) is 11.9 Å². The molecule has 0 radical (unpaired) electrons. The second-order valence-electron chi connectivity index (χ2n) is 3.48. The smallest absolute Gasteiger partial charge is 0.0993 e. The number of aliphatic imine (C=N–C) groups is 1. The summed E-state index contributed by atoms with van der Waals surface area (Å²) in [4.78, 5) is 6.55. The number of hydrogen-bond donors (Lipinski definition) is 2. The van der Waals surface area contributed by atoms with E-state index < -0.39 is 0 Å². The van der Waals surface area contributed by atoms with Gasteiger partial charge in [0.2, 0.25) is 0 Å². The van der Waals surface area contributed by atoms with Crippen molar-refractivity contribution in [3.8, 4) is 0 Å². The predicted octanol–water partition coefficient (Wildman–Crippen LogP) is -0.116. The van der Waals surface area contributed by atoms with Crippen molar-refractivity contribution >= 4 is 5.84 Å². The van der Waals surface area contributed by atoms with Gasteiger partial charge >= 0.3 is 0 Å². The van der Waals surface area contributed by atoms with Crippen molar-refractivity contribution in [1.29, 1.82) is 0 Å². The zero-order valence-electron chi connectivity index (χ0n) is 7.79. The van der Waals surface area contributed by atoms with Crippen LogP contribution in [-0.2, 0) is 0 Å². The molecule has 0 unspecified atom stereocenters. The Morgan fingerprint density at radius 2 is 2.08 bits per heavy atom. The molecule has 2 heterocycles. The molecule has 13 heavy (non-hydrogen) atoms. The summed E-state index contributed by atoms with van der Waals surface area (Å²) in [6.07, 6.45) is 3.88. The fraction of sp³-hybridized carbons (Fsp3) is 0.667. The number of rotatable bonds is 1. The third kappa shape index (κ3) is 2.01. The van der Waals surface area contributed by atoms with Crippen molar-refractivity contribution < 1.29 is 0 Å². The van der Waals surface area contributed by atoms with Gasteiger partial charge in [-0.15, -0.1) is 0 Å². The first-order valence-electron chi connectivity index (χ1n) is 4.83. The molecule has 0 amide bonds. The molecule has 0 saturated carbocycles. The molecule has 72 valence electrons. The van der Waals surface area contributed by atoms with Gasteiger partial charge in [0.15, 0.2) is 0 Å². The normalized spacial score (nSPS) is 23.8. The van der Waals surface area contributed by atoms with E-state index in [1.54, 1.807) is 0 Å². The van der Waals surface area contributed by atoms with E-state index in [9.17, 15) is 0 Å². The Labute approximate surface area is 78.5 Å². The van der Waals surface area contributed by atoms with Gasteiger partial charge < -0.3 is 16.0 Å². The molecule has 2 aliphatic rings. The highest BCUT2D eigenvalue weighted by molar-refractivity contribution is 5.81. The number of nitrogens with two attached hydrogens (primary N) is 1. The van der Waals surface area contributed by atoms with Gasteiger partial charge in [0.1, 0.15) is 0 Å². The zero-order chi connectivity index (χ0) is 9.10. The summed E-state index contributed by atoms with van der Waals surface area (Å²) in [6, 6.07) is 0. The fourth-order valence-corrected chi connectivity index (χ4v) is 1.73. The van der Waals surface area contributed by atoms with Crippen LogP contribution in [0.2, 0.25) is 0 Å². The molecule has 0 bridgehead atoms. The zero-order valence-corrected chi connectivity index (χ0v) is 7.79. The number of piperazine rings is 1. The third-order valence-electron chi connectivity index (χ3n) is 2.54. The minimum absolute atomic E-state index is 0.763. The molecule has 0 spiro atoms. The molecule has 1 saturated heterocycles. The topological polar surface area (TPSA) is 53.6 Å². The standard InChI is InChI=1S/C9H16N4/c10-9-2-1-8(7-12-9)13-5-3-11-4-6-13/h7,11H,1-6H2,(H2,10,12). The van der Waals surface area contributed by atoms with E-state index in [0.29, 0.717) is 0 Å². The minimum Gasteiger partial charge on any atom is -0.387 e. The molecule has 0 aromatic heterocycles. The molecular weight excluding hydrogens is 164 g/mol. The Morgan fingerprint density at radius 1 is 1.31 bits per heavy atom. The first kappa shape index (κ1) is 8.56. The Kier molecular flexibility index (Phi) is 2.49. The molecule has 0 aromatic rings. The van der Waals surface area contributed by atoms with E-state index in [0.717, 1.165) is 44.9 Å². The van der Waals surface area contributed by atoms with Crippen molar-refractivity contribution in [1.82, 2.24) is 10.2 Å². The molecule has 4 heteroatoms. The van der Waals surface area contributed by atoms with Gasteiger partial charge in [-0.1, -0.05) is 0 Å². The second-order valence-corrected chi connectivity index (χ2v) is 3.48. The van der Waals surface area contributed by atoms with Crippen molar-refractivity contribution in [3.63, 3.8) is 0 Å². The van der Waals surface area contributed by atoms with Crippen molar-refractivity contribution in [2.45, 2.75) is 12.8 Å². The van der Waals surface area contributed by atoms with Crippen LogP contribution in [0.1, 0.15) is 12.8 Å². The van der Waals surface area contributed by atoms with Gasteiger partial charge in [0.05, 0.1) is 5.84 Å². The highest BCUT2D eigenvalue weighted by Crippen LogP contribution is 2.15. The molecule has 2 rings (SSSR count). The lowest BCUT2D eigenvalue weighted by atomic mass is 10.1. The minimum atomic E-state index is 0.763. The van der Waals surface area contributed by atoms with Crippen LogP contribution in [-0.4, -0.2) is 36.9 Å². The lowest BCUT2D eigenvalue weighted by molar-refractivity contribution is 0.289. The maximum Gasteiger partial charge on any atom is 0.0993 e. The van der Waals surface area contributed by atoms with Crippen LogP contribution in [0.5, 0.6) is 0 Å². The Morgan fingerprint density at radius 3 is 2.69 bits per heavy atom. The van der Waals surface area contributed by atoms with E-state index >= 15 is 0 Å². The van der Waals surface area contributed by atoms with Gasteiger partial charge in [-0.25, -0.2) is 4.99 Å². The van der Waals surface area contributed by atoms with Crippen LogP contribution in [0.4, 0.5) is 0 Å². The Balaban J connectivity index is 1.99. The Bertz CT molecular complexity index is 238. The number of nitrogens with one attached hydrogen (secondary N) is 1. The van der Waals surface area contributed by atoms with Crippen LogP contribution in [0, 0.1) is 0 Å². The molecule has 0 aliphatic carbocycles. The van der Waals surface area contributed by atoms with Crippen LogP contribution in [0.3, 0.4) is 0 Å². The average molecular weight is 180 g/mol. The summed E-state index contributed by atoms with van der Waals surface area (Å²) >= 11 is 0. The van der Waals surface area contributed by atoms with Gasteiger partial charge in [-0.3, -0.25) is 0 Å².